The van der Waals surface area contributed by atoms with Crippen LogP contribution in [0, 0.1) is 6.92 Å². The molecule has 2 nitrogen and oxygen atoms in total. The summed E-state index contributed by atoms with van der Waals surface area (Å²) in [5.41, 5.74) is 2.58. The van der Waals surface area contributed by atoms with Crippen LogP contribution in [0.5, 0.6) is 0 Å². The predicted octanol–water partition coefficient (Wildman–Crippen LogP) is 3.27. The molecule has 0 saturated carbocycles. The Bertz CT molecular complexity index is 328. The van der Waals surface area contributed by atoms with E-state index in [0.717, 1.165) is 19.6 Å². The van der Waals surface area contributed by atoms with Crippen molar-refractivity contribution in [2.75, 3.05) is 13.7 Å². The van der Waals surface area contributed by atoms with Gasteiger partial charge in [0.05, 0.1) is 0 Å². The lowest BCUT2D eigenvalue weighted by atomic mass is 10.1. The third kappa shape index (κ3) is 4.64. The molecule has 1 rings (SSSR count). The van der Waals surface area contributed by atoms with Crippen LogP contribution in [0.3, 0.4) is 0 Å². The molecule has 1 atom stereocenters. The lowest BCUT2D eigenvalue weighted by Gasteiger charge is -2.14. The van der Waals surface area contributed by atoms with Crippen LogP contribution in [0.4, 0.5) is 0 Å². The summed E-state index contributed by atoms with van der Waals surface area (Å²) in [5, 5.41) is 3.48. The van der Waals surface area contributed by atoms with Gasteiger partial charge >= 0.3 is 0 Å². The number of halogens is 1. The SMILES string of the molecule is COCCC(C)NCc1ccc(C)cc1Br. The molecule has 1 unspecified atom stereocenters. The van der Waals surface area contributed by atoms with Crippen molar-refractivity contribution in [2.24, 2.45) is 0 Å². The van der Waals surface area contributed by atoms with Crippen LogP contribution in [0.1, 0.15) is 24.5 Å². The molecule has 0 aliphatic rings. The Morgan fingerprint density at radius 2 is 2.19 bits per heavy atom. The number of benzene rings is 1. The summed E-state index contributed by atoms with van der Waals surface area (Å²) in [4.78, 5) is 0. The monoisotopic (exact) mass is 285 g/mol. The van der Waals surface area contributed by atoms with Crippen LogP contribution in [0.15, 0.2) is 22.7 Å². The number of hydrogen-bond acceptors (Lipinski definition) is 2. The second-order valence-corrected chi connectivity index (χ2v) is 5.01. The minimum atomic E-state index is 0.480. The largest absolute Gasteiger partial charge is 0.385 e. The molecule has 0 saturated heterocycles. The fourth-order valence-corrected chi connectivity index (χ4v) is 2.11. The summed E-state index contributed by atoms with van der Waals surface area (Å²) in [6.07, 6.45) is 1.04. The molecule has 16 heavy (non-hydrogen) atoms. The Morgan fingerprint density at radius 1 is 1.44 bits per heavy atom. The van der Waals surface area contributed by atoms with Gasteiger partial charge in [0.2, 0.25) is 0 Å². The van der Waals surface area contributed by atoms with E-state index < -0.39 is 0 Å². The number of nitrogens with one attached hydrogen (secondary N) is 1. The van der Waals surface area contributed by atoms with Crippen LogP contribution in [-0.2, 0) is 11.3 Å². The van der Waals surface area contributed by atoms with Gasteiger partial charge in [-0.15, -0.1) is 0 Å². The second kappa shape index (κ2) is 7.05. The van der Waals surface area contributed by atoms with Crippen molar-refractivity contribution in [3.8, 4) is 0 Å². The molecule has 0 bridgehead atoms. The Kier molecular flexibility index (Phi) is 6.03. The van der Waals surface area contributed by atoms with Gasteiger partial charge in [-0.05, 0) is 37.5 Å². The Labute approximate surface area is 107 Å². The minimum absolute atomic E-state index is 0.480. The molecular weight excluding hydrogens is 266 g/mol. The predicted molar refractivity (Wildman–Crippen MR) is 71.7 cm³/mol. The molecule has 0 amide bonds. The maximum atomic E-state index is 5.05. The second-order valence-electron chi connectivity index (χ2n) is 4.16. The van der Waals surface area contributed by atoms with Crippen LogP contribution in [0.2, 0.25) is 0 Å². The Morgan fingerprint density at radius 3 is 2.81 bits per heavy atom. The molecule has 0 aliphatic heterocycles. The molecular formula is C13H20BrNO. The molecule has 0 spiro atoms. The molecule has 0 radical (unpaired) electrons. The van der Waals surface area contributed by atoms with Crippen molar-refractivity contribution < 1.29 is 4.74 Å². The van der Waals surface area contributed by atoms with Crippen LogP contribution < -0.4 is 5.32 Å². The summed E-state index contributed by atoms with van der Waals surface area (Å²) >= 11 is 3.59. The normalized spacial score (nSPS) is 12.8. The molecule has 0 aromatic heterocycles. The van der Waals surface area contributed by atoms with Gasteiger partial charge in [0, 0.05) is 30.8 Å². The third-order valence-electron chi connectivity index (χ3n) is 2.60. The van der Waals surface area contributed by atoms with Crippen molar-refractivity contribution in [1.29, 1.82) is 0 Å². The summed E-state index contributed by atoms with van der Waals surface area (Å²) in [6, 6.07) is 6.93. The highest BCUT2D eigenvalue weighted by Gasteiger charge is 2.03. The number of aryl methyl sites for hydroxylation is 1. The molecule has 0 heterocycles. The first-order valence-electron chi connectivity index (χ1n) is 5.61. The zero-order chi connectivity index (χ0) is 12.0. The van der Waals surface area contributed by atoms with E-state index in [0.29, 0.717) is 6.04 Å². The highest BCUT2D eigenvalue weighted by atomic mass is 79.9. The maximum Gasteiger partial charge on any atom is 0.0476 e. The van der Waals surface area contributed by atoms with E-state index in [4.69, 9.17) is 4.74 Å². The molecule has 1 N–H and O–H groups in total. The molecule has 1 aromatic carbocycles. The van der Waals surface area contributed by atoms with Gasteiger partial charge in [0.15, 0.2) is 0 Å². The lowest BCUT2D eigenvalue weighted by molar-refractivity contribution is 0.184. The van der Waals surface area contributed by atoms with E-state index in [1.807, 2.05) is 0 Å². The zero-order valence-electron chi connectivity index (χ0n) is 10.2. The number of hydrogen-bond donors (Lipinski definition) is 1. The van der Waals surface area contributed by atoms with Gasteiger partial charge < -0.3 is 10.1 Å². The highest BCUT2D eigenvalue weighted by Crippen LogP contribution is 2.18. The maximum absolute atomic E-state index is 5.05. The van der Waals surface area contributed by atoms with Gasteiger partial charge in [-0.3, -0.25) is 0 Å². The van der Waals surface area contributed by atoms with Gasteiger partial charge in [-0.1, -0.05) is 28.1 Å². The molecule has 1 aromatic rings. The minimum Gasteiger partial charge on any atom is -0.385 e. The quantitative estimate of drug-likeness (QED) is 0.866. The van der Waals surface area contributed by atoms with Gasteiger partial charge in [-0.2, -0.15) is 0 Å². The van der Waals surface area contributed by atoms with E-state index in [2.05, 4.69) is 53.3 Å². The average molecular weight is 286 g/mol. The van der Waals surface area contributed by atoms with Gasteiger partial charge in [0.1, 0.15) is 0 Å². The van der Waals surface area contributed by atoms with Gasteiger partial charge in [0.25, 0.3) is 0 Å². The standard InChI is InChI=1S/C13H20BrNO/c1-10-4-5-12(13(14)8-10)9-15-11(2)6-7-16-3/h4-5,8,11,15H,6-7,9H2,1-3H3. The molecule has 3 heteroatoms. The first-order chi connectivity index (χ1) is 7.63. The fourth-order valence-electron chi connectivity index (χ4n) is 1.48. The Balaban J connectivity index is 2.42. The van der Waals surface area contributed by atoms with Crippen LogP contribution in [0.25, 0.3) is 0 Å². The van der Waals surface area contributed by atoms with Crippen molar-refractivity contribution >= 4 is 15.9 Å². The average Bonchev–Trinajstić information content (AvgIpc) is 2.25. The van der Waals surface area contributed by atoms with E-state index >= 15 is 0 Å². The fraction of sp³-hybridized carbons (Fsp3) is 0.538. The van der Waals surface area contributed by atoms with Crippen molar-refractivity contribution in [3.05, 3.63) is 33.8 Å². The molecule has 90 valence electrons. The zero-order valence-corrected chi connectivity index (χ0v) is 11.8. The van der Waals surface area contributed by atoms with Crippen molar-refractivity contribution in [1.82, 2.24) is 5.32 Å². The summed E-state index contributed by atoms with van der Waals surface area (Å²) in [6.45, 7) is 5.99. The lowest BCUT2D eigenvalue weighted by Crippen LogP contribution is -2.26. The summed E-state index contributed by atoms with van der Waals surface area (Å²) in [7, 11) is 1.74. The molecule has 0 fully saturated rings. The van der Waals surface area contributed by atoms with Crippen molar-refractivity contribution in [2.45, 2.75) is 32.9 Å². The van der Waals surface area contributed by atoms with Crippen molar-refractivity contribution in [3.63, 3.8) is 0 Å². The van der Waals surface area contributed by atoms with Crippen LogP contribution >= 0.6 is 15.9 Å². The van der Waals surface area contributed by atoms with Gasteiger partial charge in [-0.25, -0.2) is 0 Å². The van der Waals surface area contributed by atoms with E-state index in [9.17, 15) is 0 Å². The summed E-state index contributed by atoms with van der Waals surface area (Å²) < 4.78 is 6.23. The number of methoxy groups -OCH3 is 1. The topological polar surface area (TPSA) is 21.3 Å². The molecule has 0 aliphatic carbocycles. The highest BCUT2D eigenvalue weighted by molar-refractivity contribution is 9.10. The Hall–Kier alpha value is -0.380. The van der Waals surface area contributed by atoms with E-state index in [1.54, 1.807) is 7.11 Å². The van der Waals surface area contributed by atoms with Crippen LogP contribution in [-0.4, -0.2) is 19.8 Å². The first-order valence-corrected chi connectivity index (χ1v) is 6.40. The number of ether oxygens (including phenoxy) is 1. The first kappa shape index (κ1) is 13.7. The third-order valence-corrected chi connectivity index (χ3v) is 3.34. The summed E-state index contributed by atoms with van der Waals surface area (Å²) in [5.74, 6) is 0. The van der Waals surface area contributed by atoms with E-state index in [-0.39, 0.29) is 0 Å². The number of rotatable bonds is 6. The smallest absolute Gasteiger partial charge is 0.0476 e. The van der Waals surface area contributed by atoms with E-state index in [1.165, 1.54) is 15.6 Å².